The molecule has 2 nitrogen and oxygen atoms in total. The van der Waals surface area contributed by atoms with E-state index in [1.165, 1.54) is 24.8 Å². The van der Waals surface area contributed by atoms with E-state index in [-0.39, 0.29) is 5.60 Å². The van der Waals surface area contributed by atoms with Crippen molar-refractivity contribution in [2.24, 2.45) is 0 Å². The standard InChI is InChI=1S/C15H23NO/c1-3-13-5-7-14(8-6-13)17-15(9-4-10-15)11-12-16-2/h5-8,16H,3-4,9-12H2,1-2H3. The largest absolute Gasteiger partial charge is 0.487 e. The highest BCUT2D eigenvalue weighted by Crippen LogP contribution is 2.39. The molecule has 0 spiro atoms. The number of nitrogens with one attached hydrogen (secondary N) is 1. The van der Waals surface area contributed by atoms with E-state index in [1.54, 1.807) is 0 Å². The molecule has 1 aromatic carbocycles. The molecule has 0 bridgehead atoms. The van der Waals surface area contributed by atoms with Gasteiger partial charge in [0.2, 0.25) is 0 Å². The maximum absolute atomic E-state index is 6.20. The van der Waals surface area contributed by atoms with Gasteiger partial charge in [0.15, 0.2) is 0 Å². The van der Waals surface area contributed by atoms with Gasteiger partial charge >= 0.3 is 0 Å². The van der Waals surface area contributed by atoms with Crippen LogP contribution in [0, 0.1) is 0 Å². The molecule has 0 aromatic heterocycles. The molecule has 0 saturated heterocycles. The molecule has 0 radical (unpaired) electrons. The maximum Gasteiger partial charge on any atom is 0.120 e. The molecule has 94 valence electrons. The Hall–Kier alpha value is -1.02. The van der Waals surface area contributed by atoms with Gasteiger partial charge in [-0.25, -0.2) is 0 Å². The SMILES string of the molecule is CCc1ccc(OC2(CCNC)CCC2)cc1. The lowest BCUT2D eigenvalue weighted by Gasteiger charge is -2.42. The van der Waals surface area contributed by atoms with Gasteiger partial charge in [0.05, 0.1) is 0 Å². The van der Waals surface area contributed by atoms with E-state index in [1.807, 2.05) is 7.05 Å². The van der Waals surface area contributed by atoms with Gasteiger partial charge in [-0.1, -0.05) is 19.1 Å². The number of aryl methyl sites for hydroxylation is 1. The number of rotatable bonds is 6. The van der Waals surface area contributed by atoms with Gasteiger partial charge in [-0.15, -0.1) is 0 Å². The quantitative estimate of drug-likeness (QED) is 0.815. The maximum atomic E-state index is 6.20. The summed E-state index contributed by atoms with van der Waals surface area (Å²) in [6, 6.07) is 8.55. The summed E-state index contributed by atoms with van der Waals surface area (Å²) in [5.41, 5.74) is 1.48. The van der Waals surface area contributed by atoms with Crippen LogP contribution in [-0.4, -0.2) is 19.2 Å². The molecule has 0 heterocycles. The minimum Gasteiger partial charge on any atom is -0.487 e. The molecular formula is C15H23NO. The lowest BCUT2D eigenvalue weighted by atomic mass is 9.77. The Balaban J connectivity index is 1.97. The zero-order chi connectivity index (χ0) is 12.1. The first-order chi connectivity index (χ1) is 8.28. The number of benzene rings is 1. The molecule has 17 heavy (non-hydrogen) atoms. The van der Waals surface area contributed by atoms with Crippen LogP contribution in [0.2, 0.25) is 0 Å². The van der Waals surface area contributed by atoms with Crippen LogP contribution in [0.1, 0.15) is 38.2 Å². The van der Waals surface area contributed by atoms with E-state index >= 15 is 0 Å². The lowest BCUT2D eigenvalue weighted by Crippen LogP contribution is -2.45. The van der Waals surface area contributed by atoms with Crippen molar-refractivity contribution in [2.45, 2.75) is 44.6 Å². The highest BCUT2D eigenvalue weighted by Gasteiger charge is 2.38. The summed E-state index contributed by atoms with van der Waals surface area (Å²) in [5, 5.41) is 3.22. The molecule has 0 aliphatic heterocycles. The summed E-state index contributed by atoms with van der Waals surface area (Å²) < 4.78 is 6.20. The Morgan fingerprint density at radius 1 is 1.24 bits per heavy atom. The Morgan fingerprint density at radius 3 is 2.41 bits per heavy atom. The van der Waals surface area contributed by atoms with Crippen molar-refractivity contribution < 1.29 is 4.74 Å². The van der Waals surface area contributed by atoms with Crippen LogP contribution < -0.4 is 10.1 Å². The molecule has 0 atom stereocenters. The first-order valence-electron chi connectivity index (χ1n) is 6.70. The second-order valence-electron chi connectivity index (χ2n) is 4.99. The molecule has 0 unspecified atom stereocenters. The van der Waals surface area contributed by atoms with Gasteiger partial charge in [0.25, 0.3) is 0 Å². The summed E-state index contributed by atoms with van der Waals surface area (Å²) in [4.78, 5) is 0. The summed E-state index contributed by atoms with van der Waals surface area (Å²) >= 11 is 0. The average Bonchev–Trinajstić information content (AvgIpc) is 2.33. The Morgan fingerprint density at radius 2 is 1.94 bits per heavy atom. The third kappa shape index (κ3) is 3.01. The molecular weight excluding hydrogens is 210 g/mol. The fraction of sp³-hybridized carbons (Fsp3) is 0.600. The Labute approximate surface area is 104 Å². The van der Waals surface area contributed by atoms with E-state index in [0.717, 1.165) is 25.1 Å². The Kier molecular flexibility index (Phi) is 4.06. The highest BCUT2D eigenvalue weighted by molar-refractivity contribution is 5.28. The van der Waals surface area contributed by atoms with Gasteiger partial charge in [-0.3, -0.25) is 0 Å². The molecule has 1 N–H and O–H groups in total. The summed E-state index contributed by atoms with van der Waals surface area (Å²) in [6.07, 6.45) is 5.90. The van der Waals surface area contributed by atoms with Crippen LogP contribution in [0.4, 0.5) is 0 Å². The van der Waals surface area contributed by atoms with Crippen molar-refractivity contribution in [1.29, 1.82) is 0 Å². The molecule has 1 aliphatic carbocycles. The van der Waals surface area contributed by atoms with E-state index < -0.39 is 0 Å². The van der Waals surface area contributed by atoms with Crippen LogP contribution in [0.5, 0.6) is 5.75 Å². The van der Waals surface area contributed by atoms with Gasteiger partial charge in [-0.2, -0.15) is 0 Å². The summed E-state index contributed by atoms with van der Waals surface area (Å²) in [6.45, 7) is 3.21. The molecule has 0 amide bonds. The van der Waals surface area contributed by atoms with E-state index in [0.29, 0.717) is 0 Å². The number of hydrogen-bond donors (Lipinski definition) is 1. The molecule has 2 rings (SSSR count). The van der Waals surface area contributed by atoms with Crippen LogP contribution >= 0.6 is 0 Å². The molecule has 2 heteroatoms. The van der Waals surface area contributed by atoms with Crippen LogP contribution in [0.3, 0.4) is 0 Å². The third-order valence-corrected chi connectivity index (χ3v) is 3.76. The van der Waals surface area contributed by atoms with Gasteiger partial charge in [-0.05, 0) is 63.4 Å². The number of ether oxygens (including phenoxy) is 1. The molecule has 1 aliphatic rings. The summed E-state index contributed by atoms with van der Waals surface area (Å²) in [7, 11) is 2.00. The zero-order valence-electron chi connectivity index (χ0n) is 11.0. The fourth-order valence-corrected chi connectivity index (χ4v) is 2.37. The average molecular weight is 233 g/mol. The van der Waals surface area contributed by atoms with E-state index in [4.69, 9.17) is 4.74 Å². The van der Waals surface area contributed by atoms with Crippen molar-refractivity contribution in [1.82, 2.24) is 5.32 Å². The van der Waals surface area contributed by atoms with E-state index in [2.05, 4.69) is 36.5 Å². The molecule has 1 fully saturated rings. The van der Waals surface area contributed by atoms with Crippen molar-refractivity contribution in [2.75, 3.05) is 13.6 Å². The number of hydrogen-bond acceptors (Lipinski definition) is 2. The monoisotopic (exact) mass is 233 g/mol. The molecule has 1 aromatic rings. The van der Waals surface area contributed by atoms with Gasteiger partial charge in [0, 0.05) is 0 Å². The zero-order valence-corrected chi connectivity index (χ0v) is 11.0. The van der Waals surface area contributed by atoms with E-state index in [9.17, 15) is 0 Å². The first-order valence-corrected chi connectivity index (χ1v) is 6.70. The van der Waals surface area contributed by atoms with Crippen LogP contribution in [0.15, 0.2) is 24.3 Å². The first kappa shape index (κ1) is 12.4. The second kappa shape index (κ2) is 5.54. The lowest BCUT2D eigenvalue weighted by molar-refractivity contribution is -0.0138. The summed E-state index contributed by atoms with van der Waals surface area (Å²) in [5.74, 6) is 1.03. The topological polar surface area (TPSA) is 21.3 Å². The van der Waals surface area contributed by atoms with Crippen molar-refractivity contribution in [3.05, 3.63) is 29.8 Å². The van der Waals surface area contributed by atoms with Crippen molar-refractivity contribution >= 4 is 0 Å². The molecule has 1 saturated carbocycles. The smallest absolute Gasteiger partial charge is 0.120 e. The second-order valence-corrected chi connectivity index (χ2v) is 4.99. The predicted octanol–water partition coefficient (Wildman–Crippen LogP) is 3.16. The van der Waals surface area contributed by atoms with Gasteiger partial charge in [0.1, 0.15) is 11.4 Å². The minimum absolute atomic E-state index is 0.108. The predicted molar refractivity (Wildman–Crippen MR) is 71.6 cm³/mol. The Bertz CT molecular complexity index is 340. The van der Waals surface area contributed by atoms with Crippen LogP contribution in [-0.2, 0) is 6.42 Å². The third-order valence-electron chi connectivity index (χ3n) is 3.76. The van der Waals surface area contributed by atoms with Crippen LogP contribution in [0.25, 0.3) is 0 Å². The van der Waals surface area contributed by atoms with Gasteiger partial charge < -0.3 is 10.1 Å². The van der Waals surface area contributed by atoms with Crippen molar-refractivity contribution in [3.63, 3.8) is 0 Å². The minimum atomic E-state index is 0.108. The van der Waals surface area contributed by atoms with Crippen molar-refractivity contribution in [3.8, 4) is 5.75 Å². The normalized spacial score (nSPS) is 17.5. The fourth-order valence-electron chi connectivity index (χ4n) is 2.37. The highest BCUT2D eigenvalue weighted by atomic mass is 16.5.